The van der Waals surface area contributed by atoms with Crippen LogP contribution < -0.4 is 5.56 Å². The zero-order valence-corrected chi connectivity index (χ0v) is 11.2. The standard InChI is InChI=1S/C16H19NO/c1-11(2)7-13-5-4-6-14(9-13)15-8-12(3)16(18)17-10-15/h4-6,8-11H,7H2,1-3H3,(H,17,18). The Labute approximate surface area is 108 Å². The Hall–Kier alpha value is -1.83. The van der Waals surface area contributed by atoms with Gasteiger partial charge in [0.15, 0.2) is 0 Å². The van der Waals surface area contributed by atoms with Crippen LogP contribution in [0.3, 0.4) is 0 Å². The summed E-state index contributed by atoms with van der Waals surface area (Å²) in [6.07, 6.45) is 2.86. The van der Waals surface area contributed by atoms with Crippen molar-refractivity contribution in [3.63, 3.8) is 0 Å². The van der Waals surface area contributed by atoms with Crippen LogP contribution in [0.25, 0.3) is 11.1 Å². The van der Waals surface area contributed by atoms with Gasteiger partial charge in [-0.15, -0.1) is 0 Å². The molecule has 0 radical (unpaired) electrons. The molecule has 0 saturated carbocycles. The SMILES string of the molecule is Cc1cc(-c2cccc(CC(C)C)c2)c[nH]c1=O. The molecule has 0 unspecified atom stereocenters. The molecule has 0 amide bonds. The lowest BCUT2D eigenvalue weighted by molar-refractivity contribution is 0.647. The van der Waals surface area contributed by atoms with Crippen molar-refractivity contribution in [1.29, 1.82) is 0 Å². The fourth-order valence-electron chi connectivity index (χ4n) is 2.11. The lowest BCUT2D eigenvalue weighted by Crippen LogP contribution is -2.07. The summed E-state index contributed by atoms with van der Waals surface area (Å²) in [5.41, 5.74) is 4.30. The second kappa shape index (κ2) is 5.21. The van der Waals surface area contributed by atoms with Crippen molar-refractivity contribution in [3.8, 4) is 11.1 Å². The van der Waals surface area contributed by atoms with E-state index in [0.29, 0.717) is 5.92 Å². The number of hydrogen-bond donors (Lipinski definition) is 1. The number of aromatic amines is 1. The quantitative estimate of drug-likeness (QED) is 0.875. The summed E-state index contributed by atoms with van der Waals surface area (Å²) in [5, 5.41) is 0. The molecule has 1 N–H and O–H groups in total. The minimum atomic E-state index is -0.0166. The van der Waals surface area contributed by atoms with E-state index >= 15 is 0 Å². The van der Waals surface area contributed by atoms with Crippen LogP contribution in [0.2, 0.25) is 0 Å². The van der Waals surface area contributed by atoms with Gasteiger partial charge >= 0.3 is 0 Å². The zero-order valence-electron chi connectivity index (χ0n) is 11.2. The molecule has 0 aliphatic carbocycles. The van der Waals surface area contributed by atoms with E-state index in [4.69, 9.17) is 0 Å². The van der Waals surface area contributed by atoms with Crippen LogP contribution in [-0.2, 0) is 6.42 Å². The lowest BCUT2D eigenvalue weighted by Gasteiger charge is -2.08. The van der Waals surface area contributed by atoms with Crippen LogP contribution in [0.5, 0.6) is 0 Å². The minimum absolute atomic E-state index is 0.0166. The average Bonchev–Trinajstić information content (AvgIpc) is 2.32. The third-order valence-electron chi connectivity index (χ3n) is 2.99. The largest absolute Gasteiger partial charge is 0.328 e. The van der Waals surface area contributed by atoms with Crippen molar-refractivity contribution in [3.05, 3.63) is 58.0 Å². The average molecular weight is 241 g/mol. The highest BCUT2D eigenvalue weighted by Gasteiger charge is 2.03. The molecule has 1 aromatic carbocycles. The number of aromatic nitrogens is 1. The summed E-state index contributed by atoms with van der Waals surface area (Å²) in [5.74, 6) is 0.651. The van der Waals surface area contributed by atoms with Gasteiger partial charge in [-0.1, -0.05) is 38.1 Å². The number of nitrogens with one attached hydrogen (secondary N) is 1. The Kier molecular flexibility index (Phi) is 3.66. The molecule has 0 atom stereocenters. The number of pyridine rings is 1. The first-order valence-corrected chi connectivity index (χ1v) is 6.35. The molecule has 94 valence electrons. The maximum atomic E-state index is 11.4. The van der Waals surface area contributed by atoms with Gasteiger partial charge in [-0.25, -0.2) is 0 Å². The second-order valence-electron chi connectivity index (χ2n) is 5.20. The molecule has 0 spiro atoms. The van der Waals surface area contributed by atoms with Gasteiger partial charge in [-0.05, 0) is 42.0 Å². The lowest BCUT2D eigenvalue weighted by atomic mass is 9.98. The van der Waals surface area contributed by atoms with Crippen molar-refractivity contribution >= 4 is 0 Å². The summed E-state index contributed by atoms with van der Waals surface area (Å²) in [7, 11) is 0. The summed E-state index contributed by atoms with van der Waals surface area (Å²) >= 11 is 0. The Morgan fingerprint density at radius 2 is 1.94 bits per heavy atom. The maximum absolute atomic E-state index is 11.4. The van der Waals surface area contributed by atoms with Crippen LogP contribution in [-0.4, -0.2) is 4.98 Å². The number of rotatable bonds is 3. The Morgan fingerprint density at radius 3 is 2.61 bits per heavy atom. The van der Waals surface area contributed by atoms with Gasteiger partial charge in [0.1, 0.15) is 0 Å². The van der Waals surface area contributed by atoms with Crippen LogP contribution in [0, 0.1) is 12.8 Å². The van der Waals surface area contributed by atoms with Crippen LogP contribution in [0.15, 0.2) is 41.3 Å². The highest BCUT2D eigenvalue weighted by Crippen LogP contribution is 2.20. The van der Waals surface area contributed by atoms with Crippen LogP contribution in [0.4, 0.5) is 0 Å². The van der Waals surface area contributed by atoms with Gasteiger partial charge in [-0.3, -0.25) is 4.79 Å². The molecule has 2 rings (SSSR count). The molecule has 2 aromatic rings. The highest BCUT2D eigenvalue weighted by molar-refractivity contribution is 5.63. The third-order valence-corrected chi connectivity index (χ3v) is 2.99. The van der Waals surface area contributed by atoms with Crippen LogP contribution in [0.1, 0.15) is 25.0 Å². The Morgan fingerprint density at radius 1 is 1.17 bits per heavy atom. The molecule has 0 aliphatic rings. The third kappa shape index (κ3) is 2.89. The van der Waals surface area contributed by atoms with E-state index in [1.165, 1.54) is 5.56 Å². The monoisotopic (exact) mass is 241 g/mol. The van der Waals surface area contributed by atoms with Gasteiger partial charge in [-0.2, -0.15) is 0 Å². The van der Waals surface area contributed by atoms with E-state index in [1.807, 2.05) is 13.0 Å². The number of aryl methyl sites for hydroxylation is 1. The fraction of sp³-hybridized carbons (Fsp3) is 0.312. The first kappa shape index (κ1) is 12.6. The first-order chi connectivity index (χ1) is 8.56. The van der Waals surface area contributed by atoms with Crippen LogP contribution >= 0.6 is 0 Å². The normalized spacial score (nSPS) is 10.9. The predicted molar refractivity (Wildman–Crippen MR) is 75.8 cm³/mol. The molecular formula is C16H19NO. The molecule has 0 saturated heterocycles. The van der Waals surface area contributed by atoms with Crippen molar-refractivity contribution in [2.45, 2.75) is 27.2 Å². The molecule has 0 aliphatic heterocycles. The zero-order chi connectivity index (χ0) is 13.1. The fourth-order valence-corrected chi connectivity index (χ4v) is 2.11. The van der Waals surface area contributed by atoms with Crippen molar-refractivity contribution in [1.82, 2.24) is 4.98 Å². The maximum Gasteiger partial charge on any atom is 0.250 e. The van der Waals surface area contributed by atoms with Crippen molar-refractivity contribution in [2.75, 3.05) is 0 Å². The summed E-state index contributed by atoms with van der Waals surface area (Å²) in [6, 6.07) is 10.5. The van der Waals surface area contributed by atoms with Gasteiger partial charge in [0.05, 0.1) is 0 Å². The second-order valence-corrected chi connectivity index (χ2v) is 5.20. The van der Waals surface area contributed by atoms with E-state index in [0.717, 1.165) is 23.1 Å². The smallest absolute Gasteiger partial charge is 0.250 e. The topological polar surface area (TPSA) is 32.9 Å². The number of benzene rings is 1. The van der Waals surface area contributed by atoms with Crippen molar-refractivity contribution < 1.29 is 0 Å². The van der Waals surface area contributed by atoms with E-state index in [9.17, 15) is 4.79 Å². The van der Waals surface area contributed by atoms with E-state index in [1.54, 1.807) is 6.20 Å². The highest BCUT2D eigenvalue weighted by atomic mass is 16.1. The van der Waals surface area contributed by atoms with Gasteiger partial charge in [0, 0.05) is 11.8 Å². The van der Waals surface area contributed by atoms with Gasteiger partial charge < -0.3 is 4.98 Å². The molecule has 2 nitrogen and oxygen atoms in total. The Balaban J connectivity index is 2.38. The molecule has 18 heavy (non-hydrogen) atoms. The molecule has 1 aromatic heterocycles. The minimum Gasteiger partial charge on any atom is -0.328 e. The Bertz CT molecular complexity index is 596. The number of hydrogen-bond acceptors (Lipinski definition) is 1. The van der Waals surface area contributed by atoms with Gasteiger partial charge in [0.25, 0.3) is 5.56 Å². The summed E-state index contributed by atoms with van der Waals surface area (Å²) in [4.78, 5) is 14.1. The number of H-pyrrole nitrogens is 1. The van der Waals surface area contributed by atoms with E-state index in [-0.39, 0.29) is 5.56 Å². The van der Waals surface area contributed by atoms with Crippen molar-refractivity contribution in [2.24, 2.45) is 5.92 Å². The van der Waals surface area contributed by atoms with Gasteiger partial charge in [0.2, 0.25) is 0 Å². The molecule has 0 bridgehead atoms. The summed E-state index contributed by atoms with van der Waals surface area (Å²) < 4.78 is 0. The van der Waals surface area contributed by atoms with E-state index < -0.39 is 0 Å². The molecule has 2 heteroatoms. The molecule has 0 fully saturated rings. The van der Waals surface area contributed by atoms with E-state index in [2.05, 4.69) is 43.1 Å². The molecule has 1 heterocycles. The molecular weight excluding hydrogens is 222 g/mol. The first-order valence-electron chi connectivity index (χ1n) is 6.35. The predicted octanol–water partition coefficient (Wildman–Crippen LogP) is 3.55. The summed E-state index contributed by atoms with van der Waals surface area (Å²) in [6.45, 7) is 6.27.